The van der Waals surface area contributed by atoms with E-state index in [1.807, 2.05) is 0 Å². The lowest BCUT2D eigenvalue weighted by molar-refractivity contribution is -0.130. The Morgan fingerprint density at radius 3 is 2.58 bits per heavy atom. The first-order chi connectivity index (χ1) is 8.55. The number of amides is 1. The summed E-state index contributed by atoms with van der Waals surface area (Å²) in [5, 5.41) is 3.13. The number of nitrogens with one attached hydrogen (secondary N) is 2. The predicted molar refractivity (Wildman–Crippen MR) is 75.0 cm³/mol. The molecule has 2 N–H and O–H groups in total. The van der Waals surface area contributed by atoms with Crippen LogP contribution in [-0.2, 0) is 19.6 Å². The van der Waals surface area contributed by atoms with E-state index < -0.39 is 10.0 Å². The molecule has 0 aromatic rings. The molecule has 0 atom stereocenters. The lowest BCUT2D eigenvalue weighted by Gasteiger charge is -2.27. The van der Waals surface area contributed by atoms with E-state index in [-0.39, 0.29) is 37.2 Å². The van der Waals surface area contributed by atoms with Crippen LogP contribution in [0.5, 0.6) is 0 Å². The van der Waals surface area contributed by atoms with Gasteiger partial charge in [-0.3, -0.25) is 4.79 Å². The average molecular weight is 316 g/mol. The highest BCUT2D eigenvalue weighted by Crippen LogP contribution is 1.93. The van der Waals surface area contributed by atoms with Gasteiger partial charge in [0.25, 0.3) is 0 Å². The normalized spacial score (nSPS) is 15.9. The molecular formula is C10H22ClN3O4S. The number of rotatable bonds is 7. The summed E-state index contributed by atoms with van der Waals surface area (Å²) in [4.78, 5) is 13.4. The fraction of sp³-hybridized carbons (Fsp3) is 0.900. The maximum Gasteiger partial charge on any atom is 0.237 e. The molecule has 1 amide bonds. The van der Waals surface area contributed by atoms with Gasteiger partial charge in [0.2, 0.25) is 15.9 Å². The molecule has 114 valence electrons. The Morgan fingerprint density at radius 1 is 1.37 bits per heavy atom. The van der Waals surface area contributed by atoms with Crippen molar-refractivity contribution >= 4 is 28.3 Å². The Hall–Kier alpha value is -0.410. The third-order valence-electron chi connectivity index (χ3n) is 2.61. The van der Waals surface area contributed by atoms with Gasteiger partial charge in [-0.25, -0.2) is 13.1 Å². The van der Waals surface area contributed by atoms with Gasteiger partial charge in [0.15, 0.2) is 0 Å². The fourth-order valence-electron chi connectivity index (χ4n) is 1.58. The molecule has 1 aliphatic rings. The van der Waals surface area contributed by atoms with Crippen molar-refractivity contribution in [1.82, 2.24) is 14.9 Å². The van der Waals surface area contributed by atoms with E-state index in [0.717, 1.165) is 13.1 Å². The molecule has 7 nitrogen and oxygen atoms in total. The predicted octanol–water partition coefficient (Wildman–Crippen LogP) is -1.20. The molecule has 1 aliphatic heterocycles. The van der Waals surface area contributed by atoms with Crippen LogP contribution in [0.25, 0.3) is 0 Å². The zero-order valence-corrected chi connectivity index (χ0v) is 12.7. The van der Waals surface area contributed by atoms with E-state index in [4.69, 9.17) is 4.74 Å². The molecule has 1 saturated heterocycles. The summed E-state index contributed by atoms with van der Waals surface area (Å²) in [6.45, 7) is 5.01. The highest BCUT2D eigenvalue weighted by Gasteiger charge is 2.18. The van der Waals surface area contributed by atoms with Crippen LogP contribution in [0.15, 0.2) is 0 Å². The molecule has 0 aromatic heterocycles. The summed E-state index contributed by atoms with van der Waals surface area (Å²) in [6, 6.07) is 0. The minimum Gasteiger partial charge on any atom is -0.381 e. The number of hydrogen-bond donors (Lipinski definition) is 2. The fourth-order valence-corrected chi connectivity index (χ4v) is 2.41. The van der Waals surface area contributed by atoms with Crippen LogP contribution in [0.2, 0.25) is 0 Å². The van der Waals surface area contributed by atoms with E-state index in [1.165, 1.54) is 0 Å². The van der Waals surface area contributed by atoms with Crippen molar-refractivity contribution in [2.24, 2.45) is 0 Å². The van der Waals surface area contributed by atoms with Crippen LogP contribution in [0.1, 0.15) is 6.92 Å². The number of piperazine rings is 1. The Bertz CT molecular complexity index is 358. The first-order valence-electron chi connectivity index (χ1n) is 6.08. The summed E-state index contributed by atoms with van der Waals surface area (Å²) in [5.41, 5.74) is 0. The molecule has 1 heterocycles. The van der Waals surface area contributed by atoms with E-state index in [0.29, 0.717) is 19.7 Å². The molecule has 19 heavy (non-hydrogen) atoms. The Labute approximate surface area is 120 Å². The van der Waals surface area contributed by atoms with Crippen LogP contribution in [0.4, 0.5) is 0 Å². The average Bonchev–Trinajstić information content (AvgIpc) is 2.37. The standard InChI is InChI=1S/C10H21N3O4S.ClH/c1-2-17-7-8-18(15,16)12-9-10(14)13-5-3-11-4-6-13;/h11-12H,2-9H2,1H3;1H. The maximum absolute atomic E-state index is 11.7. The van der Waals surface area contributed by atoms with Crippen molar-refractivity contribution < 1.29 is 17.9 Å². The van der Waals surface area contributed by atoms with Gasteiger partial charge in [0, 0.05) is 32.8 Å². The van der Waals surface area contributed by atoms with Crippen molar-refractivity contribution in [3.8, 4) is 0 Å². The van der Waals surface area contributed by atoms with Gasteiger partial charge in [0.1, 0.15) is 0 Å². The molecule has 0 saturated carbocycles. The largest absolute Gasteiger partial charge is 0.381 e. The third kappa shape index (κ3) is 7.68. The topological polar surface area (TPSA) is 87.7 Å². The second-order valence-corrected chi connectivity index (χ2v) is 5.89. The van der Waals surface area contributed by atoms with Crippen LogP contribution in [-0.4, -0.2) is 70.9 Å². The first-order valence-corrected chi connectivity index (χ1v) is 7.74. The molecule has 0 radical (unpaired) electrons. The number of carbonyl (C=O) groups excluding carboxylic acids is 1. The third-order valence-corrected chi connectivity index (χ3v) is 3.90. The van der Waals surface area contributed by atoms with E-state index in [1.54, 1.807) is 11.8 Å². The van der Waals surface area contributed by atoms with Crippen molar-refractivity contribution in [2.45, 2.75) is 6.92 Å². The lowest BCUT2D eigenvalue weighted by atomic mass is 10.3. The molecule has 0 unspecified atom stereocenters. The van der Waals surface area contributed by atoms with Crippen LogP contribution < -0.4 is 10.0 Å². The molecule has 0 spiro atoms. The highest BCUT2D eigenvalue weighted by atomic mass is 35.5. The van der Waals surface area contributed by atoms with E-state index in [9.17, 15) is 13.2 Å². The Kier molecular flexibility index (Phi) is 9.28. The van der Waals surface area contributed by atoms with Crippen molar-refractivity contribution in [1.29, 1.82) is 0 Å². The minimum atomic E-state index is -3.43. The first kappa shape index (κ1) is 18.6. The number of ether oxygens (including phenoxy) is 1. The van der Waals surface area contributed by atoms with Gasteiger partial charge >= 0.3 is 0 Å². The monoisotopic (exact) mass is 315 g/mol. The lowest BCUT2D eigenvalue weighted by Crippen LogP contribution is -2.49. The van der Waals surface area contributed by atoms with Gasteiger partial charge in [-0.05, 0) is 6.92 Å². The van der Waals surface area contributed by atoms with Crippen LogP contribution >= 0.6 is 12.4 Å². The van der Waals surface area contributed by atoms with Gasteiger partial charge in [-0.2, -0.15) is 0 Å². The highest BCUT2D eigenvalue weighted by molar-refractivity contribution is 7.89. The van der Waals surface area contributed by atoms with Crippen molar-refractivity contribution in [2.75, 3.05) is 51.7 Å². The second-order valence-electron chi connectivity index (χ2n) is 3.97. The SMILES string of the molecule is CCOCCS(=O)(=O)NCC(=O)N1CCNCC1.Cl. The summed E-state index contributed by atoms with van der Waals surface area (Å²) in [5.74, 6) is -0.299. The van der Waals surface area contributed by atoms with Gasteiger partial charge in [-0.15, -0.1) is 12.4 Å². The van der Waals surface area contributed by atoms with E-state index in [2.05, 4.69) is 10.0 Å². The molecule has 1 rings (SSSR count). The quantitative estimate of drug-likeness (QED) is 0.576. The van der Waals surface area contributed by atoms with Crippen LogP contribution in [0, 0.1) is 0 Å². The van der Waals surface area contributed by atoms with Crippen LogP contribution in [0.3, 0.4) is 0 Å². The number of nitrogens with zero attached hydrogens (tertiary/aromatic N) is 1. The zero-order chi connectivity index (χ0) is 13.4. The summed E-state index contributed by atoms with van der Waals surface area (Å²) >= 11 is 0. The maximum atomic E-state index is 11.7. The minimum absolute atomic E-state index is 0. The summed E-state index contributed by atoms with van der Waals surface area (Å²) in [6.07, 6.45) is 0. The molecule has 0 bridgehead atoms. The van der Waals surface area contributed by atoms with E-state index >= 15 is 0 Å². The van der Waals surface area contributed by atoms with Gasteiger partial charge < -0.3 is 15.0 Å². The Morgan fingerprint density at radius 2 is 2.00 bits per heavy atom. The number of hydrogen-bond acceptors (Lipinski definition) is 5. The van der Waals surface area contributed by atoms with Crippen molar-refractivity contribution in [3.63, 3.8) is 0 Å². The second kappa shape index (κ2) is 9.49. The molecule has 9 heteroatoms. The number of carbonyl (C=O) groups is 1. The van der Waals surface area contributed by atoms with Crippen molar-refractivity contribution in [3.05, 3.63) is 0 Å². The molecular weight excluding hydrogens is 294 g/mol. The summed E-state index contributed by atoms with van der Waals surface area (Å²) in [7, 11) is -3.43. The molecule has 0 aromatic carbocycles. The summed E-state index contributed by atoms with van der Waals surface area (Å²) < 4.78 is 30.3. The molecule has 1 fully saturated rings. The number of sulfonamides is 1. The van der Waals surface area contributed by atoms with Gasteiger partial charge in [-0.1, -0.05) is 0 Å². The zero-order valence-electron chi connectivity index (χ0n) is 11.1. The number of halogens is 1. The molecule has 0 aliphatic carbocycles. The Balaban J connectivity index is 0.00000324. The smallest absolute Gasteiger partial charge is 0.237 e. The van der Waals surface area contributed by atoms with Gasteiger partial charge in [0.05, 0.1) is 18.9 Å².